The Morgan fingerprint density at radius 3 is 2.94 bits per heavy atom. The number of hydrogen-bond acceptors (Lipinski definition) is 3. The maximum absolute atomic E-state index is 11.9. The first-order chi connectivity index (χ1) is 8.06. The molecule has 0 aliphatic carbocycles. The van der Waals surface area contributed by atoms with Gasteiger partial charge in [-0.1, -0.05) is 11.6 Å². The Balaban J connectivity index is 2.21. The number of carbonyl (C=O) groups excluding carboxylic acids is 1. The summed E-state index contributed by atoms with van der Waals surface area (Å²) >= 11 is 10.6. The number of benzene rings is 1. The molecule has 0 radical (unpaired) electrons. The molecule has 2 aromatic rings. The molecule has 0 spiro atoms. The lowest BCUT2D eigenvalue weighted by Crippen LogP contribution is -2.10. The molecular formula is C11H8BrClN2OS. The fraction of sp³-hybridized carbons (Fsp3) is 0.0909. The molecule has 0 aliphatic rings. The fourth-order valence-electron chi connectivity index (χ4n) is 1.24. The molecule has 0 saturated heterocycles. The van der Waals surface area contributed by atoms with E-state index in [2.05, 4.69) is 26.2 Å². The van der Waals surface area contributed by atoms with Gasteiger partial charge in [0, 0.05) is 9.50 Å². The van der Waals surface area contributed by atoms with E-state index in [4.69, 9.17) is 11.6 Å². The summed E-state index contributed by atoms with van der Waals surface area (Å²) in [6.45, 7) is 1.86. The fourth-order valence-corrected chi connectivity index (χ4v) is 2.43. The van der Waals surface area contributed by atoms with Gasteiger partial charge in [-0.15, -0.1) is 11.3 Å². The van der Waals surface area contributed by atoms with Gasteiger partial charge in [0.05, 0.1) is 16.9 Å². The molecule has 1 aromatic heterocycles. The third kappa shape index (κ3) is 3.06. The lowest BCUT2D eigenvalue weighted by atomic mass is 10.3. The minimum absolute atomic E-state index is 0.182. The number of aromatic nitrogens is 1. The van der Waals surface area contributed by atoms with Crippen molar-refractivity contribution < 1.29 is 4.79 Å². The van der Waals surface area contributed by atoms with E-state index in [1.807, 2.05) is 6.92 Å². The largest absolute Gasteiger partial charge is 0.320 e. The van der Waals surface area contributed by atoms with Gasteiger partial charge in [0.2, 0.25) is 0 Å². The summed E-state index contributed by atoms with van der Waals surface area (Å²) in [6.07, 6.45) is 1.56. The third-order valence-corrected chi connectivity index (χ3v) is 3.86. The second-order valence-corrected chi connectivity index (χ2v) is 5.85. The normalized spacial score (nSPS) is 10.3. The van der Waals surface area contributed by atoms with Gasteiger partial charge in [0.15, 0.2) is 0 Å². The molecule has 6 heteroatoms. The standard InChI is InChI=1S/C11H8BrClN2OS/c1-6-14-5-10(17-6)11(16)15-9-4-7(13)2-3-8(9)12/h2-5H,1H3,(H,15,16). The summed E-state index contributed by atoms with van der Waals surface area (Å²) in [6, 6.07) is 5.23. The van der Waals surface area contributed by atoms with Gasteiger partial charge in [-0.3, -0.25) is 4.79 Å². The van der Waals surface area contributed by atoms with E-state index in [0.29, 0.717) is 15.6 Å². The van der Waals surface area contributed by atoms with Crippen LogP contribution in [0.25, 0.3) is 0 Å². The number of halogens is 2. The Hall–Kier alpha value is -0.910. The highest BCUT2D eigenvalue weighted by Crippen LogP contribution is 2.26. The summed E-state index contributed by atoms with van der Waals surface area (Å²) in [5, 5.41) is 4.22. The molecule has 1 aromatic carbocycles. The van der Waals surface area contributed by atoms with Crippen molar-refractivity contribution in [1.29, 1.82) is 0 Å². The molecule has 0 fully saturated rings. The molecule has 2 rings (SSSR count). The maximum Gasteiger partial charge on any atom is 0.267 e. The van der Waals surface area contributed by atoms with Crippen LogP contribution in [0.5, 0.6) is 0 Å². The zero-order chi connectivity index (χ0) is 12.4. The summed E-state index contributed by atoms with van der Waals surface area (Å²) in [4.78, 5) is 16.5. The Morgan fingerprint density at radius 2 is 2.29 bits per heavy atom. The second kappa shape index (κ2) is 5.16. The van der Waals surface area contributed by atoms with Crippen molar-refractivity contribution >= 4 is 50.5 Å². The van der Waals surface area contributed by atoms with Crippen molar-refractivity contribution in [3.63, 3.8) is 0 Å². The zero-order valence-electron chi connectivity index (χ0n) is 8.83. The van der Waals surface area contributed by atoms with Gasteiger partial charge in [0.25, 0.3) is 5.91 Å². The first kappa shape index (κ1) is 12.5. The Morgan fingerprint density at radius 1 is 1.53 bits per heavy atom. The zero-order valence-corrected chi connectivity index (χ0v) is 12.0. The molecule has 1 heterocycles. The number of hydrogen-bond donors (Lipinski definition) is 1. The topological polar surface area (TPSA) is 42.0 Å². The van der Waals surface area contributed by atoms with E-state index in [1.165, 1.54) is 11.3 Å². The van der Waals surface area contributed by atoms with Crippen LogP contribution in [0.15, 0.2) is 28.9 Å². The Labute approximate surface area is 116 Å². The van der Waals surface area contributed by atoms with E-state index in [0.717, 1.165) is 9.48 Å². The van der Waals surface area contributed by atoms with Crippen molar-refractivity contribution in [3.8, 4) is 0 Å². The van der Waals surface area contributed by atoms with E-state index < -0.39 is 0 Å². The van der Waals surface area contributed by atoms with Crippen LogP contribution in [0.3, 0.4) is 0 Å². The van der Waals surface area contributed by atoms with Crippen molar-refractivity contribution in [2.75, 3.05) is 5.32 Å². The van der Waals surface area contributed by atoms with Crippen molar-refractivity contribution in [1.82, 2.24) is 4.98 Å². The minimum atomic E-state index is -0.182. The molecule has 0 unspecified atom stereocenters. The van der Waals surface area contributed by atoms with Gasteiger partial charge in [-0.25, -0.2) is 4.98 Å². The van der Waals surface area contributed by atoms with Crippen LogP contribution in [0.4, 0.5) is 5.69 Å². The maximum atomic E-state index is 11.9. The highest BCUT2D eigenvalue weighted by Gasteiger charge is 2.11. The van der Waals surface area contributed by atoms with Crippen LogP contribution in [-0.2, 0) is 0 Å². The quantitative estimate of drug-likeness (QED) is 0.899. The van der Waals surface area contributed by atoms with Crippen LogP contribution in [0.1, 0.15) is 14.7 Å². The smallest absolute Gasteiger partial charge is 0.267 e. The lowest BCUT2D eigenvalue weighted by molar-refractivity contribution is 0.103. The highest BCUT2D eigenvalue weighted by molar-refractivity contribution is 9.10. The van der Waals surface area contributed by atoms with Gasteiger partial charge in [-0.05, 0) is 41.1 Å². The third-order valence-electron chi connectivity index (χ3n) is 2.02. The predicted molar refractivity (Wildman–Crippen MR) is 74.0 cm³/mol. The monoisotopic (exact) mass is 330 g/mol. The number of rotatable bonds is 2. The second-order valence-electron chi connectivity index (χ2n) is 3.32. The van der Waals surface area contributed by atoms with E-state index in [9.17, 15) is 4.79 Å². The SMILES string of the molecule is Cc1ncc(C(=O)Nc2cc(Cl)ccc2Br)s1. The number of nitrogens with zero attached hydrogens (tertiary/aromatic N) is 1. The van der Waals surface area contributed by atoms with Gasteiger partial charge in [0.1, 0.15) is 4.88 Å². The summed E-state index contributed by atoms with van der Waals surface area (Å²) in [5.74, 6) is -0.182. The lowest BCUT2D eigenvalue weighted by Gasteiger charge is -2.06. The van der Waals surface area contributed by atoms with Crippen molar-refractivity contribution in [3.05, 3.63) is 43.8 Å². The van der Waals surface area contributed by atoms with E-state index >= 15 is 0 Å². The molecule has 17 heavy (non-hydrogen) atoms. The molecule has 1 N–H and O–H groups in total. The van der Waals surface area contributed by atoms with Crippen LogP contribution in [-0.4, -0.2) is 10.9 Å². The summed E-state index contributed by atoms with van der Waals surface area (Å²) in [5.41, 5.74) is 0.647. The number of thiazole rings is 1. The molecule has 0 saturated carbocycles. The number of aryl methyl sites for hydroxylation is 1. The van der Waals surface area contributed by atoms with Gasteiger partial charge in [-0.2, -0.15) is 0 Å². The number of carbonyl (C=O) groups is 1. The molecule has 88 valence electrons. The van der Waals surface area contributed by atoms with Gasteiger partial charge >= 0.3 is 0 Å². The molecule has 0 atom stereocenters. The predicted octanol–water partition coefficient (Wildman–Crippen LogP) is 4.12. The number of anilines is 1. The summed E-state index contributed by atoms with van der Waals surface area (Å²) in [7, 11) is 0. The van der Waals surface area contributed by atoms with E-state index in [-0.39, 0.29) is 5.91 Å². The molecule has 0 aliphatic heterocycles. The summed E-state index contributed by atoms with van der Waals surface area (Å²) < 4.78 is 0.788. The average molecular weight is 332 g/mol. The molecular weight excluding hydrogens is 324 g/mol. The number of nitrogens with one attached hydrogen (secondary N) is 1. The molecule has 0 bridgehead atoms. The average Bonchev–Trinajstić information content (AvgIpc) is 2.70. The first-order valence-corrected chi connectivity index (χ1v) is 6.74. The van der Waals surface area contributed by atoms with Gasteiger partial charge < -0.3 is 5.32 Å². The van der Waals surface area contributed by atoms with Crippen LogP contribution in [0.2, 0.25) is 5.02 Å². The van der Waals surface area contributed by atoms with Crippen LogP contribution in [0, 0.1) is 6.92 Å². The Bertz CT molecular complexity index is 570. The van der Waals surface area contributed by atoms with Crippen molar-refractivity contribution in [2.24, 2.45) is 0 Å². The molecule has 3 nitrogen and oxygen atoms in total. The minimum Gasteiger partial charge on any atom is -0.320 e. The van der Waals surface area contributed by atoms with Crippen LogP contribution >= 0.6 is 38.9 Å². The first-order valence-electron chi connectivity index (χ1n) is 4.75. The molecule has 1 amide bonds. The number of amides is 1. The van der Waals surface area contributed by atoms with E-state index in [1.54, 1.807) is 24.4 Å². The highest BCUT2D eigenvalue weighted by atomic mass is 79.9. The Kier molecular flexibility index (Phi) is 3.81. The van der Waals surface area contributed by atoms with Crippen molar-refractivity contribution in [2.45, 2.75) is 6.92 Å². The van der Waals surface area contributed by atoms with Crippen LogP contribution < -0.4 is 5.32 Å².